The fraction of sp³-hybridized carbons (Fsp3) is 0.167. The van der Waals surface area contributed by atoms with Gasteiger partial charge in [0, 0.05) is 33.1 Å². The molecular weight excluding hydrogens is 347 g/mol. The highest BCUT2D eigenvalue weighted by molar-refractivity contribution is 6.36. The molecular formula is C18H16Cl2N2O2. The average molecular weight is 363 g/mol. The van der Waals surface area contributed by atoms with Crippen molar-refractivity contribution in [3.05, 3.63) is 69.7 Å². The number of halogens is 2. The van der Waals surface area contributed by atoms with Crippen molar-refractivity contribution in [1.82, 2.24) is 4.98 Å². The van der Waals surface area contributed by atoms with E-state index in [1.54, 1.807) is 18.2 Å². The number of aliphatic hydroxyl groups is 2. The maximum Gasteiger partial charge on any atom is 0.132 e. The molecule has 3 rings (SSSR count). The molecule has 4 nitrogen and oxygen atoms in total. The zero-order chi connectivity index (χ0) is 17.1. The fourth-order valence-electron chi connectivity index (χ4n) is 2.56. The lowest BCUT2D eigenvalue weighted by Gasteiger charge is -2.17. The molecule has 0 amide bonds. The van der Waals surface area contributed by atoms with Crippen LogP contribution in [0.5, 0.6) is 0 Å². The summed E-state index contributed by atoms with van der Waals surface area (Å²) < 4.78 is 0. The van der Waals surface area contributed by atoms with Gasteiger partial charge in [0.2, 0.25) is 0 Å². The third-order valence-corrected chi connectivity index (χ3v) is 4.43. The Morgan fingerprint density at radius 2 is 1.75 bits per heavy atom. The van der Waals surface area contributed by atoms with Crippen LogP contribution in [-0.2, 0) is 6.61 Å². The summed E-state index contributed by atoms with van der Waals surface area (Å²) in [5.74, 6) is 0.526. The van der Waals surface area contributed by atoms with Crippen molar-refractivity contribution in [3.63, 3.8) is 0 Å². The van der Waals surface area contributed by atoms with Crippen LogP contribution in [0.1, 0.15) is 17.2 Å². The number of aromatic nitrogens is 1. The molecule has 24 heavy (non-hydrogen) atoms. The Morgan fingerprint density at radius 3 is 2.46 bits per heavy atom. The van der Waals surface area contributed by atoms with Crippen molar-refractivity contribution in [1.29, 1.82) is 0 Å². The molecule has 1 aromatic heterocycles. The normalized spacial score (nSPS) is 12.3. The van der Waals surface area contributed by atoms with E-state index < -0.39 is 6.10 Å². The first-order chi connectivity index (χ1) is 11.6. The molecule has 0 saturated heterocycles. The molecule has 3 aromatic rings. The number of benzene rings is 2. The first kappa shape index (κ1) is 17.0. The molecule has 1 unspecified atom stereocenters. The molecule has 0 radical (unpaired) electrons. The van der Waals surface area contributed by atoms with Gasteiger partial charge in [-0.2, -0.15) is 0 Å². The Bertz CT molecular complexity index is 851. The minimum Gasteiger partial charge on any atom is -0.392 e. The number of hydrogen-bond acceptors (Lipinski definition) is 4. The highest BCUT2D eigenvalue weighted by Gasteiger charge is 2.16. The van der Waals surface area contributed by atoms with Gasteiger partial charge in [-0.15, -0.1) is 0 Å². The largest absolute Gasteiger partial charge is 0.392 e. The number of aliphatic hydroxyl groups excluding tert-OH is 2. The standard InChI is InChI=1S/C18H16Cl2N2O2/c19-13-5-3-6-14(20)17(13)16(24)9-21-18-12(10-23)8-11-4-1-2-7-15(11)22-18/h1-8,16,23-24H,9-10H2,(H,21,22). The molecule has 0 aliphatic carbocycles. The quantitative estimate of drug-likeness (QED) is 0.636. The molecule has 0 spiro atoms. The number of para-hydroxylation sites is 1. The Kier molecular flexibility index (Phi) is 5.21. The molecule has 1 atom stereocenters. The molecule has 2 aromatic carbocycles. The van der Waals surface area contributed by atoms with Crippen molar-refractivity contribution >= 4 is 39.9 Å². The van der Waals surface area contributed by atoms with Gasteiger partial charge in [0.25, 0.3) is 0 Å². The van der Waals surface area contributed by atoms with Crippen molar-refractivity contribution < 1.29 is 10.2 Å². The highest BCUT2D eigenvalue weighted by Crippen LogP contribution is 2.30. The zero-order valence-electron chi connectivity index (χ0n) is 12.7. The number of rotatable bonds is 5. The molecule has 1 heterocycles. The van der Waals surface area contributed by atoms with E-state index >= 15 is 0 Å². The van der Waals surface area contributed by atoms with Crippen LogP contribution in [0.25, 0.3) is 10.9 Å². The number of anilines is 1. The lowest BCUT2D eigenvalue weighted by atomic mass is 10.1. The maximum atomic E-state index is 10.4. The number of nitrogens with zero attached hydrogens (tertiary/aromatic N) is 1. The van der Waals surface area contributed by atoms with Gasteiger partial charge in [-0.3, -0.25) is 0 Å². The zero-order valence-corrected chi connectivity index (χ0v) is 14.2. The Balaban J connectivity index is 1.85. The smallest absolute Gasteiger partial charge is 0.132 e. The predicted molar refractivity (Wildman–Crippen MR) is 97.6 cm³/mol. The van der Waals surface area contributed by atoms with Crippen molar-refractivity contribution in [2.75, 3.05) is 11.9 Å². The molecule has 0 saturated carbocycles. The summed E-state index contributed by atoms with van der Waals surface area (Å²) in [5, 5.41) is 24.8. The van der Waals surface area contributed by atoms with Crippen molar-refractivity contribution in [3.8, 4) is 0 Å². The first-order valence-electron chi connectivity index (χ1n) is 7.45. The Morgan fingerprint density at radius 1 is 1.04 bits per heavy atom. The lowest BCUT2D eigenvalue weighted by molar-refractivity contribution is 0.191. The van der Waals surface area contributed by atoms with Gasteiger partial charge in [-0.1, -0.05) is 47.5 Å². The van der Waals surface area contributed by atoms with E-state index in [2.05, 4.69) is 10.3 Å². The summed E-state index contributed by atoms with van der Waals surface area (Å²) in [6.07, 6.45) is -0.897. The van der Waals surface area contributed by atoms with Gasteiger partial charge in [-0.05, 0) is 24.3 Å². The first-order valence-corrected chi connectivity index (χ1v) is 8.21. The van der Waals surface area contributed by atoms with Gasteiger partial charge >= 0.3 is 0 Å². The van der Waals surface area contributed by atoms with Crippen LogP contribution in [0.3, 0.4) is 0 Å². The summed E-state index contributed by atoms with van der Waals surface area (Å²) >= 11 is 12.2. The van der Waals surface area contributed by atoms with Crippen LogP contribution >= 0.6 is 23.2 Å². The van der Waals surface area contributed by atoms with Crippen LogP contribution < -0.4 is 5.32 Å². The molecule has 0 fully saturated rings. The molecule has 0 aliphatic rings. The summed E-state index contributed by atoms with van der Waals surface area (Å²) in [6, 6.07) is 14.6. The summed E-state index contributed by atoms with van der Waals surface area (Å²) in [7, 11) is 0. The topological polar surface area (TPSA) is 65.4 Å². The lowest BCUT2D eigenvalue weighted by Crippen LogP contribution is -2.15. The van der Waals surface area contributed by atoms with Gasteiger partial charge in [-0.25, -0.2) is 4.98 Å². The average Bonchev–Trinajstić information content (AvgIpc) is 2.59. The molecule has 6 heteroatoms. The second-order valence-electron chi connectivity index (χ2n) is 5.38. The Hall–Kier alpha value is -1.85. The number of nitrogens with one attached hydrogen (secondary N) is 1. The second kappa shape index (κ2) is 7.36. The Labute approximate surface area is 149 Å². The van der Waals surface area contributed by atoms with E-state index in [0.29, 0.717) is 27.0 Å². The van der Waals surface area contributed by atoms with E-state index in [4.69, 9.17) is 23.2 Å². The molecule has 0 bridgehead atoms. The predicted octanol–water partition coefficient (Wildman–Crippen LogP) is 4.18. The van der Waals surface area contributed by atoms with Gasteiger partial charge in [0.05, 0.1) is 18.2 Å². The third-order valence-electron chi connectivity index (χ3n) is 3.77. The number of pyridine rings is 1. The van der Waals surface area contributed by atoms with Gasteiger partial charge in [0.1, 0.15) is 5.82 Å². The van der Waals surface area contributed by atoms with Crippen LogP contribution in [-0.4, -0.2) is 21.7 Å². The SMILES string of the molecule is OCc1cc2ccccc2nc1NCC(O)c1c(Cl)cccc1Cl. The van der Waals surface area contributed by atoms with E-state index in [0.717, 1.165) is 10.9 Å². The minimum atomic E-state index is -0.897. The van der Waals surface area contributed by atoms with E-state index in [1.165, 1.54) is 0 Å². The van der Waals surface area contributed by atoms with E-state index in [9.17, 15) is 10.2 Å². The molecule has 3 N–H and O–H groups in total. The number of fused-ring (bicyclic) bond motifs is 1. The van der Waals surface area contributed by atoms with Crippen molar-refractivity contribution in [2.45, 2.75) is 12.7 Å². The summed E-state index contributed by atoms with van der Waals surface area (Å²) in [5.41, 5.74) is 1.94. The van der Waals surface area contributed by atoms with Crippen LogP contribution in [0.15, 0.2) is 48.5 Å². The van der Waals surface area contributed by atoms with E-state index in [-0.39, 0.29) is 13.2 Å². The molecule has 124 valence electrons. The van der Waals surface area contributed by atoms with Gasteiger partial charge < -0.3 is 15.5 Å². The third kappa shape index (κ3) is 3.47. The van der Waals surface area contributed by atoms with Crippen molar-refractivity contribution in [2.24, 2.45) is 0 Å². The van der Waals surface area contributed by atoms with Gasteiger partial charge in [0.15, 0.2) is 0 Å². The highest BCUT2D eigenvalue weighted by atomic mass is 35.5. The molecule has 0 aliphatic heterocycles. The van der Waals surface area contributed by atoms with E-state index in [1.807, 2.05) is 30.3 Å². The summed E-state index contributed by atoms with van der Waals surface area (Å²) in [6.45, 7) is 0.0188. The second-order valence-corrected chi connectivity index (χ2v) is 6.19. The minimum absolute atomic E-state index is 0.150. The number of hydrogen-bond donors (Lipinski definition) is 3. The van der Waals surface area contributed by atoms with Crippen LogP contribution in [0, 0.1) is 0 Å². The van der Waals surface area contributed by atoms with Crippen LogP contribution in [0.2, 0.25) is 10.0 Å². The maximum absolute atomic E-state index is 10.4. The monoisotopic (exact) mass is 362 g/mol. The summed E-state index contributed by atoms with van der Waals surface area (Å²) in [4.78, 5) is 4.51. The fourth-order valence-corrected chi connectivity index (χ4v) is 3.21. The van der Waals surface area contributed by atoms with Crippen LogP contribution in [0.4, 0.5) is 5.82 Å².